The first kappa shape index (κ1) is 16.3. The van der Waals surface area contributed by atoms with Crippen molar-refractivity contribution in [1.29, 1.82) is 0 Å². The van der Waals surface area contributed by atoms with Crippen LogP contribution in [-0.2, 0) is 11.2 Å². The molecule has 0 saturated heterocycles. The highest BCUT2D eigenvalue weighted by molar-refractivity contribution is 6.33. The Balaban J connectivity index is 3.11. The first-order chi connectivity index (χ1) is 9.15. The summed E-state index contributed by atoms with van der Waals surface area (Å²) < 4.78 is 5.22. The second-order valence-electron chi connectivity index (χ2n) is 4.73. The SMILES string of the molecule is CCC(C)N(CCOC)c1c(Cl)cccc1CCN. The number of benzene rings is 1. The Bertz CT molecular complexity index is 384. The van der Waals surface area contributed by atoms with Gasteiger partial charge in [0, 0.05) is 19.7 Å². The average molecular weight is 285 g/mol. The third kappa shape index (κ3) is 4.37. The molecule has 0 radical (unpaired) electrons. The Morgan fingerprint density at radius 2 is 2.16 bits per heavy atom. The third-order valence-corrected chi connectivity index (χ3v) is 3.74. The lowest BCUT2D eigenvalue weighted by Crippen LogP contribution is -2.36. The fraction of sp³-hybridized carbons (Fsp3) is 0.600. The van der Waals surface area contributed by atoms with Gasteiger partial charge in [0.25, 0.3) is 0 Å². The van der Waals surface area contributed by atoms with Crippen LogP contribution < -0.4 is 10.6 Å². The minimum absolute atomic E-state index is 0.423. The molecule has 3 nitrogen and oxygen atoms in total. The molecular weight excluding hydrogens is 260 g/mol. The van der Waals surface area contributed by atoms with E-state index in [1.54, 1.807) is 7.11 Å². The predicted molar refractivity (Wildman–Crippen MR) is 83.2 cm³/mol. The Morgan fingerprint density at radius 1 is 1.42 bits per heavy atom. The lowest BCUT2D eigenvalue weighted by molar-refractivity contribution is 0.203. The van der Waals surface area contributed by atoms with E-state index in [4.69, 9.17) is 22.1 Å². The number of rotatable bonds is 8. The van der Waals surface area contributed by atoms with E-state index in [-0.39, 0.29) is 0 Å². The molecule has 0 aliphatic rings. The summed E-state index contributed by atoms with van der Waals surface area (Å²) in [4.78, 5) is 2.33. The van der Waals surface area contributed by atoms with Crippen LogP contribution in [-0.4, -0.2) is 32.8 Å². The maximum Gasteiger partial charge on any atom is 0.0642 e. The Kier molecular flexibility index (Phi) is 7.21. The summed E-state index contributed by atoms with van der Waals surface area (Å²) >= 11 is 6.42. The van der Waals surface area contributed by atoms with Gasteiger partial charge in [0.1, 0.15) is 0 Å². The van der Waals surface area contributed by atoms with E-state index in [9.17, 15) is 0 Å². The molecule has 1 unspecified atom stereocenters. The topological polar surface area (TPSA) is 38.5 Å². The van der Waals surface area contributed by atoms with E-state index in [0.29, 0.717) is 19.2 Å². The molecule has 1 atom stereocenters. The minimum atomic E-state index is 0.423. The van der Waals surface area contributed by atoms with Crippen LogP contribution in [0.25, 0.3) is 0 Å². The first-order valence-electron chi connectivity index (χ1n) is 6.88. The van der Waals surface area contributed by atoms with Crippen molar-refractivity contribution in [1.82, 2.24) is 0 Å². The number of methoxy groups -OCH3 is 1. The number of nitrogens with zero attached hydrogens (tertiary/aromatic N) is 1. The van der Waals surface area contributed by atoms with Gasteiger partial charge in [-0.3, -0.25) is 0 Å². The van der Waals surface area contributed by atoms with Crippen LogP contribution in [0.3, 0.4) is 0 Å². The number of hydrogen-bond donors (Lipinski definition) is 1. The Hall–Kier alpha value is -0.770. The molecule has 0 spiro atoms. The number of anilines is 1. The summed E-state index contributed by atoms with van der Waals surface area (Å²) in [5.74, 6) is 0. The molecule has 0 saturated carbocycles. The smallest absolute Gasteiger partial charge is 0.0642 e. The average Bonchev–Trinajstić information content (AvgIpc) is 2.41. The standard InChI is InChI=1S/C15H25ClN2O/c1-4-12(2)18(10-11-19-3)15-13(8-9-17)6-5-7-14(15)16/h5-7,12H,4,8-11,17H2,1-3H3. The third-order valence-electron chi connectivity index (χ3n) is 3.43. The predicted octanol–water partition coefficient (Wildman–Crippen LogP) is 3.09. The summed E-state index contributed by atoms with van der Waals surface area (Å²) in [6, 6.07) is 6.46. The summed E-state index contributed by atoms with van der Waals surface area (Å²) in [6.45, 7) is 6.56. The molecule has 1 aromatic carbocycles. The van der Waals surface area contributed by atoms with E-state index in [1.807, 2.05) is 12.1 Å². The Morgan fingerprint density at radius 3 is 2.74 bits per heavy atom. The van der Waals surface area contributed by atoms with Gasteiger partial charge in [-0.05, 0) is 37.9 Å². The molecule has 0 amide bonds. The normalized spacial score (nSPS) is 12.5. The van der Waals surface area contributed by atoms with Crippen molar-refractivity contribution in [2.45, 2.75) is 32.7 Å². The van der Waals surface area contributed by atoms with Gasteiger partial charge in [0.2, 0.25) is 0 Å². The van der Waals surface area contributed by atoms with Crippen molar-refractivity contribution in [3.8, 4) is 0 Å². The monoisotopic (exact) mass is 284 g/mol. The van der Waals surface area contributed by atoms with Gasteiger partial charge < -0.3 is 15.4 Å². The minimum Gasteiger partial charge on any atom is -0.383 e. The van der Waals surface area contributed by atoms with Gasteiger partial charge in [-0.1, -0.05) is 30.7 Å². The van der Waals surface area contributed by atoms with Crippen LogP contribution in [0.15, 0.2) is 18.2 Å². The maximum absolute atomic E-state index is 6.42. The van der Waals surface area contributed by atoms with Crippen LogP contribution in [0.1, 0.15) is 25.8 Å². The molecule has 0 bridgehead atoms. The van der Waals surface area contributed by atoms with Crippen LogP contribution in [0.2, 0.25) is 5.02 Å². The van der Waals surface area contributed by atoms with E-state index in [0.717, 1.165) is 30.1 Å². The summed E-state index contributed by atoms with van der Waals surface area (Å²) in [6.07, 6.45) is 1.91. The number of para-hydroxylation sites is 1. The van der Waals surface area contributed by atoms with Crippen LogP contribution >= 0.6 is 11.6 Å². The van der Waals surface area contributed by atoms with E-state index in [1.165, 1.54) is 5.56 Å². The van der Waals surface area contributed by atoms with Crippen molar-refractivity contribution in [2.24, 2.45) is 5.73 Å². The molecule has 0 aliphatic heterocycles. The van der Waals surface area contributed by atoms with Gasteiger partial charge in [0.05, 0.1) is 17.3 Å². The summed E-state index contributed by atoms with van der Waals surface area (Å²) in [7, 11) is 1.72. The van der Waals surface area contributed by atoms with Crippen LogP contribution in [0, 0.1) is 0 Å². The highest BCUT2D eigenvalue weighted by Gasteiger charge is 2.18. The second kappa shape index (κ2) is 8.41. The van der Waals surface area contributed by atoms with Gasteiger partial charge in [-0.15, -0.1) is 0 Å². The zero-order chi connectivity index (χ0) is 14.3. The number of halogens is 1. The van der Waals surface area contributed by atoms with E-state index in [2.05, 4.69) is 24.8 Å². The van der Waals surface area contributed by atoms with Crippen LogP contribution in [0.5, 0.6) is 0 Å². The first-order valence-corrected chi connectivity index (χ1v) is 7.26. The number of hydrogen-bond acceptors (Lipinski definition) is 3. The molecule has 1 rings (SSSR count). The molecule has 0 heterocycles. The van der Waals surface area contributed by atoms with Gasteiger partial charge in [0.15, 0.2) is 0 Å². The molecule has 0 fully saturated rings. The zero-order valence-electron chi connectivity index (χ0n) is 12.2. The number of nitrogens with two attached hydrogens (primary N) is 1. The molecule has 2 N–H and O–H groups in total. The molecule has 4 heteroatoms. The molecule has 0 aromatic heterocycles. The van der Waals surface area contributed by atoms with Crippen molar-refractivity contribution < 1.29 is 4.74 Å². The van der Waals surface area contributed by atoms with Gasteiger partial charge in [-0.25, -0.2) is 0 Å². The number of ether oxygens (including phenoxy) is 1. The quantitative estimate of drug-likeness (QED) is 0.797. The van der Waals surface area contributed by atoms with Crippen molar-refractivity contribution in [3.63, 3.8) is 0 Å². The summed E-state index contributed by atoms with van der Waals surface area (Å²) in [5, 5.41) is 0.794. The van der Waals surface area contributed by atoms with Gasteiger partial charge >= 0.3 is 0 Å². The Labute approximate surface area is 121 Å². The van der Waals surface area contributed by atoms with Crippen molar-refractivity contribution in [3.05, 3.63) is 28.8 Å². The largest absolute Gasteiger partial charge is 0.383 e. The van der Waals surface area contributed by atoms with Crippen molar-refractivity contribution in [2.75, 3.05) is 31.7 Å². The van der Waals surface area contributed by atoms with E-state index >= 15 is 0 Å². The maximum atomic E-state index is 6.42. The highest BCUT2D eigenvalue weighted by atomic mass is 35.5. The fourth-order valence-electron chi connectivity index (χ4n) is 2.20. The molecule has 19 heavy (non-hydrogen) atoms. The summed E-state index contributed by atoms with van der Waals surface area (Å²) in [5.41, 5.74) is 8.03. The molecule has 1 aromatic rings. The molecule has 108 valence electrons. The highest BCUT2D eigenvalue weighted by Crippen LogP contribution is 2.32. The fourth-order valence-corrected chi connectivity index (χ4v) is 2.50. The van der Waals surface area contributed by atoms with E-state index < -0.39 is 0 Å². The lowest BCUT2D eigenvalue weighted by Gasteiger charge is -2.33. The van der Waals surface area contributed by atoms with Crippen molar-refractivity contribution >= 4 is 17.3 Å². The molecule has 0 aliphatic carbocycles. The van der Waals surface area contributed by atoms with Gasteiger partial charge in [-0.2, -0.15) is 0 Å². The second-order valence-corrected chi connectivity index (χ2v) is 5.14. The molecular formula is C15H25ClN2O. The zero-order valence-corrected chi connectivity index (χ0v) is 12.9. The lowest BCUT2D eigenvalue weighted by atomic mass is 10.1. The van der Waals surface area contributed by atoms with Crippen LogP contribution in [0.4, 0.5) is 5.69 Å².